The molecular weight excluding hydrogens is 348 g/mol. The molecule has 1 aromatic rings. The van der Waals surface area contributed by atoms with Gasteiger partial charge in [0.1, 0.15) is 0 Å². The lowest BCUT2D eigenvalue weighted by molar-refractivity contribution is -0.132. The molecule has 1 heterocycles. The second-order valence-corrected chi connectivity index (χ2v) is 7.06. The fourth-order valence-corrected chi connectivity index (χ4v) is 3.60. The van der Waals surface area contributed by atoms with Crippen LogP contribution in [0.25, 0.3) is 0 Å². The number of anilines is 1. The molecule has 1 aliphatic heterocycles. The summed E-state index contributed by atoms with van der Waals surface area (Å²) in [6, 6.07) is 7.18. The van der Waals surface area contributed by atoms with E-state index in [2.05, 4.69) is 10.2 Å². The Labute approximate surface area is 151 Å². The molecule has 1 fully saturated rings. The third-order valence-corrected chi connectivity index (χ3v) is 5.09. The maximum absolute atomic E-state index is 12.4. The number of benzene rings is 1. The van der Waals surface area contributed by atoms with Gasteiger partial charge in [0.25, 0.3) is 0 Å². The highest BCUT2D eigenvalue weighted by molar-refractivity contribution is 7.99. The van der Waals surface area contributed by atoms with Gasteiger partial charge in [-0.3, -0.25) is 9.59 Å². The number of carbonyl (C=O) groups excluding carboxylic acids is 2. The molecule has 0 radical (unpaired) electrons. The van der Waals surface area contributed by atoms with Gasteiger partial charge in [0.05, 0.1) is 22.6 Å². The molecule has 1 aromatic carbocycles. The quantitative estimate of drug-likeness (QED) is 0.580. The summed E-state index contributed by atoms with van der Waals surface area (Å²) in [5.41, 5.74) is 6.98. The van der Waals surface area contributed by atoms with Crippen molar-refractivity contribution < 1.29 is 9.59 Å². The highest BCUT2D eigenvalue weighted by Crippen LogP contribution is 2.26. The summed E-state index contributed by atoms with van der Waals surface area (Å²) in [4.78, 5) is 27.2. The SMILES string of the molecule is CC(=O)NCSCC(N)C(=O)N1CCN(c2ccccc2Cl)CC1. The lowest BCUT2D eigenvalue weighted by atomic mass is 10.2. The zero-order chi connectivity index (χ0) is 17.5. The van der Waals surface area contributed by atoms with E-state index >= 15 is 0 Å². The number of para-hydroxylation sites is 1. The monoisotopic (exact) mass is 370 g/mol. The van der Waals surface area contributed by atoms with Gasteiger partial charge in [-0.2, -0.15) is 0 Å². The van der Waals surface area contributed by atoms with Crippen LogP contribution in [0.3, 0.4) is 0 Å². The number of halogens is 1. The Morgan fingerprint density at radius 3 is 2.58 bits per heavy atom. The van der Waals surface area contributed by atoms with E-state index in [4.69, 9.17) is 17.3 Å². The van der Waals surface area contributed by atoms with Crippen molar-refractivity contribution in [3.63, 3.8) is 0 Å². The van der Waals surface area contributed by atoms with Crippen LogP contribution in [0, 0.1) is 0 Å². The van der Waals surface area contributed by atoms with E-state index in [1.807, 2.05) is 24.3 Å². The van der Waals surface area contributed by atoms with Crippen LogP contribution in [-0.2, 0) is 9.59 Å². The lowest BCUT2D eigenvalue weighted by Gasteiger charge is -2.37. The van der Waals surface area contributed by atoms with E-state index in [1.54, 1.807) is 4.90 Å². The van der Waals surface area contributed by atoms with Gasteiger partial charge in [0.2, 0.25) is 11.8 Å². The number of hydrogen-bond acceptors (Lipinski definition) is 5. The highest BCUT2D eigenvalue weighted by atomic mass is 35.5. The highest BCUT2D eigenvalue weighted by Gasteiger charge is 2.25. The maximum Gasteiger partial charge on any atom is 0.240 e. The first kappa shape index (κ1) is 18.9. The van der Waals surface area contributed by atoms with Crippen LogP contribution in [0.15, 0.2) is 24.3 Å². The van der Waals surface area contributed by atoms with E-state index in [0.29, 0.717) is 24.7 Å². The lowest BCUT2D eigenvalue weighted by Crippen LogP contribution is -2.54. The summed E-state index contributed by atoms with van der Waals surface area (Å²) < 4.78 is 0. The van der Waals surface area contributed by atoms with Gasteiger partial charge in [-0.25, -0.2) is 0 Å². The fourth-order valence-electron chi connectivity index (χ4n) is 2.52. The minimum atomic E-state index is -0.546. The van der Waals surface area contributed by atoms with Crippen molar-refractivity contribution in [1.29, 1.82) is 0 Å². The molecule has 0 aromatic heterocycles. The van der Waals surface area contributed by atoms with Gasteiger partial charge >= 0.3 is 0 Å². The zero-order valence-corrected chi connectivity index (χ0v) is 15.3. The molecule has 2 rings (SSSR count). The summed E-state index contributed by atoms with van der Waals surface area (Å²) in [5, 5.41) is 3.40. The number of amides is 2. The molecule has 2 amide bonds. The molecule has 1 atom stereocenters. The average molecular weight is 371 g/mol. The molecule has 1 aliphatic rings. The fraction of sp³-hybridized carbons (Fsp3) is 0.500. The van der Waals surface area contributed by atoms with Crippen molar-refractivity contribution in [2.24, 2.45) is 5.73 Å². The third kappa shape index (κ3) is 5.29. The molecule has 24 heavy (non-hydrogen) atoms. The predicted molar refractivity (Wildman–Crippen MR) is 99.4 cm³/mol. The Balaban J connectivity index is 1.78. The van der Waals surface area contributed by atoms with Crippen LogP contribution in [0.5, 0.6) is 0 Å². The number of piperazine rings is 1. The Morgan fingerprint density at radius 1 is 1.29 bits per heavy atom. The smallest absolute Gasteiger partial charge is 0.240 e. The Morgan fingerprint density at radius 2 is 1.96 bits per heavy atom. The molecule has 1 unspecified atom stereocenters. The van der Waals surface area contributed by atoms with E-state index in [9.17, 15) is 9.59 Å². The second kappa shape index (κ2) is 9.15. The van der Waals surface area contributed by atoms with Crippen LogP contribution in [0.2, 0.25) is 5.02 Å². The number of carbonyl (C=O) groups is 2. The summed E-state index contributed by atoms with van der Waals surface area (Å²) in [5.74, 6) is 0.836. The van der Waals surface area contributed by atoms with Gasteiger partial charge in [-0.1, -0.05) is 23.7 Å². The molecular formula is C16H23ClN4O2S. The summed E-state index contributed by atoms with van der Waals surface area (Å²) in [6.07, 6.45) is 0. The van der Waals surface area contributed by atoms with E-state index < -0.39 is 6.04 Å². The largest absolute Gasteiger partial charge is 0.367 e. The van der Waals surface area contributed by atoms with Crippen LogP contribution < -0.4 is 16.0 Å². The molecule has 3 N–H and O–H groups in total. The minimum absolute atomic E-state index is 0.0378. The predicted octanol–water partition coefficient (Wildman–Crippen LogP) is 1.14. The maximum atomic E-state index is 12.4. The zero-order valence-electron chi connectivity index (χ0n) is 13.7. The first-order chi connectivity index (χ1) is 11.5. The summed E-state index contributed by atoms with van der Waals surface area (Å²) >= 11 is 7.67. The van der Waals surface area contributed by atoms with Gasteiger partial charge in [0, 0.05) is 38.9 Å². The molecule has 0 aliphatic carbocycles. The molecule has 0 bridgehead atoms. The third-order valence-electron chi connectivity index (χ3n) is 3.82. The Kier molecular flexibility index (Phi) is 7.20. The Bertz CT molecular complexity index is 579. The Hall–Kier alpha value is -1.44. The number of nitrogens with two attached hydrogens (primary N) is 1. The van der Waals surface area contributed by atoms with Gasteiger partial charge < -0.3 is 20.9 Å². The standard InChI is InChI=1S/C16H23ClN4O2S/c1-12(22)19-11-24-10-14(18)16(23)21-8-6-20(7-9-21)15-5-3-2-4-13(15)17/h2-5,14H,6-11,18H2,1H3,(H,19,22). The van der Waals surface area contributed by atoms with E-state index in [0.717, 1.165) is 23.8 Å². The first-order valence-corrected chi connectivity index (χ1v) is 9.38. The molecule has 0 saturated carbocycles. The molecule has 8 heteroatoms. The van der Waals surface area contributed by atoms with E-state index in [-0.39, 0.29) is 11.8 Å². The number of rotatable bonds is 6. The van der Waals surface area contributed by atoms with Crippen molar-refractivity contribution in [1.82, 2.24) is 10.2 Å². The van der Waals surface area contributed by atoms with Crippen molar-refractivity contribution >= 4 is 40.9 Å². The first-order valence-electron chi connectivity index (χ1n) is 7.85. The van der Waals surface area contributed by atoms with Crippen LogP contribution in [0.4, 0.5) is 5.69 Å². The van der Waals surface area contributed by atoms with Gasteiger partial charge in [-0.15, -0.1) is 11.8 Å². The van der Waals surface area contributed by atoms with Crippen molar-refractivity contribution in [2.75, 3.05) is 42.7 Å². The van der Waals surface area contributed by atoms with E-state index in [1.165, 1.54) is 18.7 Å². The number of nitrogens with one attached hydrogen (secondary N) is 1. The summed E-state index contributed by atoms with van der Waals surface area (Å²) in [6.45, 7) is 4.20. The van der Waals surface area contributed by atoms with Gasteiger partial charge in [-0.05, 0) is 12.1 Å². The number of nitrogens with zero attached hydrogens (tertiary/aromatic N) is 2. The van der Waals surface area contributed by atoms with Crippen molar-refractivity contribution in [3.8, 4) is 0 Å². The molecule has 132 valence electrons. The van der Waals surface area contributed by atoms with Crippen LogP contribution in [0.1, 0.15) is 6.92 Å². The van der Waals surface area contributed by atoms with Crippen LogP contribution in [-0.4, -0.2) is 60.6 Å². The number of hydrogen-bond donors (Lipinski definition) is 2. The minimum Gasteiger partial charge on any atom is -0.367 e. The molecule has 6 nitrogen and oxygen atoms in total. The topological polar surface area (TPSA) is 78.7 Å². The van der Waals surface area contributed by atoms with Gasteiger partial charge in [0.15, 0.2) is 0 Å². The second-order valence-electron chi connectivity index (χ2n) is 5.62. The molecule has 0 spiro atoms. The van der Waals surface area contributed by atoms with Crippen LogP contribution >= 0.6 is 23.4 Å². The average Bonchev–Trinajstić information content (AvgIpc) is 2.58. The number of thioether (sulfide) groups is 1. The molecule has 1 saturated heterocycles. The van der Waals surface area contributed by atoms with Crippen molar-refractivity contribution in [2.45, 2.75) is 13.0 Å². The van der Waals surface area contributed by atoms with Crippen molar-refractivity contribution in [3.05, 3.63) is 29.3 Å². The summed E-state index contributed by atoms with van der Waals surface area (Å²) in [7, 11) is 0. The normalized spacial score (nSPS) is 16.0.